The molecule has 4 atom stereocenters. The van der Waals surface area contributed by atoms with E-state index in [2.05, 4.69) is 245 Å². The molecule has 356 valence electrons. The summed E-state index contributed by atoms with van der Waals surface area (Å²) in [6.45, 7) is 5.53. The molecule has 16 rings (SSSR count). The maximum Gasteiger partial charge on any atom is 0.193 e. The largest absolute Gasteiger partial charge is 0.364 e. The van der Waals surface area contributed by atoms with Crippen molar-refractivity contribution in [3.8, 4) is 33.4 Å². The molecule has 0 radical (unpaired) electrons. The van der Waals surface area contributed by atoms with E-state index < -0.39 is 5.41 Å². The van der Waals surface area contributed by atoms with Gasteiger partial charge in [0.25, 0.3) is 0 Å². The molecule has 3 N–H and O–H groups in total. The number of anilines is 4. The Bertz CT molecular complexity index is 4030. The van der Waals surface area contributed by atoms with Crippen molar-refractivity contribution < 1.29 is 5.32 Å². The van der Waals surface area contributed by atoms with E-state index in [9.17, 15) is 0 Å². The third-order valence-corrected chi connectivity index (χ3v) is 17.9. The van der Waals surface area contributed by atoms with Gasteiger partial charge in [-0.1, -0.05) is 171 Å². The second-order valence-corrected chi connectivity index (χ2v) is 21.2. The molecule has 0 fully saturated rings. The first-order valence-corrected chi connectivity index (χ1v) is 27.0. The molecule has 0 saturated carbocycles. The Kier molecular flexibility index (Phi) is 9.01. The molecule has 5 nitrogen and oxygen atoms in total. The molecular weight excluding hydrogens is 899 g/mol. The van der Waals surface area contributed by atoms with Gasteiger partial charge in [-0.15, -0.1) is 0 Å². The van der Waals surface area contributed by atoms with E-state index in [0.717, 1.165) is 32.2 Å². The fourth-order valence-electron chi connectivity index (χ4n) is 15.1. The zero-order chi connectivity index (χ0) is 48.8. The van der Waals surface area contributed by atoms with Crippen LogP contribution in [0.4, 0.5) is 28.4 Å². The Hall–Kier alpha value is -8.38. The second-order valence-electron chi connectivity index (χ2n) is 21.2. The molecule has 5 heteroatoms. The van der Waals surface area contributed by atoms with Crippen LogP contribution in [0.2, 0.25) is 0 Å². The fourth-order valence-corrected chi connectivity index (χ4v) is 15.1. The maximum absolute atomic E-state index is 3.95. The summed E-state index contributed by atoms with van der Waals surface area (Å²) in [6, 6.07) is 70.0. The van der Waals surface area contributed by atoms with Crippen molar-refractivity contribution in [3.05, 3.63) is 257 Å². The van der Waals surface area contributed by atoms with E-state index in [1.54, 1.807) is 0 Å². The van der Waals surface area contributed by atoms with E-state index in [-0.39, 0.29) is 12.3 Å². The van der Waals surface area contributed by atoms with Crippen LogP contribution >= 0.6 is 0 Å². The topological polar surface area (TPSA) is 38.4 Å². The molecule has 0 saturated heterocycles. The minimum atomic E-state index is -0.522. The van der Waals surface area contributed by atoms with Crippen LogP contribution in [0.5, 0.6) is 0 Å². The molecule has 4 aliphatic heterocycles. The Morgan fingerprint density at radius 3 is 2.14 bits per heavy atom. The van der Waals surface area contributed by atoms with Crippen LogP contribution in [0.3, 0.4) is 0 Å². The number of hydrogen-bond donors (Lipinski definition) is 2. The third kappa shape index (κ3) is 5.47. The van der Waals surface area contributed by atoms with Gasteiger partial charge in [0.1, 0.15) is 11.9 Å². The summed E-state index contributed by atoms with van der Waals surface area (Å²) in [5, 5.41) is 11.6. The van der Waals surface area contributed by atoms with Gasteiger partial charge in [0.15, 0.2) is 11.9 Å². The van der Waals surface area contributed by atoms with E-state index in [4.69, 9.17) is 0 Å². The number of nitrogens with one attached hydrogen (secondary N) is 1. The first-order valence-electron chi connectivity index (χ1n) is 27.0. The summed E-state index contributed by atoms with van der Waals surface area (Å²) in [4.78, 5) is 7.84. The lowest BCUT2D eigenvalue weighted by molar-refractivity contribution is -0.607. The molecule has 9 aromatic carbocycles. The lowest BCUT2D eigenvalue weighted by Gasteiger charge is -2.45. The molecule has 9 aromatic rings. The van der Waals surface area contributed by atoms with E-state index in [1.807, 2.05) is 0 Å². The number of hydrogen-bond acceptors (Lipinski definition) is 4. The molecule has 4 heterocycles. The van der Waals surface area contributed by atoms with Crippen LogP contribution in [0, 0.1) is 0 Å². The van der Waals surface area contributed by atoms with E-state index in [1.165, 1.54) is 134 Å². The SMILES string of the molecule is CCC1NC2=C(CCC=C2)N1c1cccc2c(-c3cccc4c3-c3ccccc3C43C4=C5C(CC=C4)c4ccccc4N5c4ccccc43)c3cccc(-c4cccc5c4[NH2+]C(c4ccccc4)N5CC)c3cc12. The van der Waals surface area contributed by atoms with Gasteiger partial charge in [-0.25, -0.2) is 0 Å². The average molecular weight is 955 g/mol. The minimum absolute atomic E-state index is 0.159. The number of quaternary nitrogens is 1. The number of allylic oxidation sites excluding steroid dienone is 7. The molecule has 0 bridgehead atoms. The van der Waals surface area contributed by atoms with Gasteiger partial charge < -0.3 is 20.0 Å². The third-order valence-electron chi connectivity index (χ3n) is 17.9. The monoisotopic (exact) mass is 954 g/mol. The van der Waals surface area contributed by atoms with Gasteiger partial charge >= 0.3 is 0 Å². The molecule has 74 heavy (non-hydrogen) atoms. The van der Waals surface area contributed by atoms with Crippen molar-refractivity contribution in [1.29, 1.82) is 0 Å². The second kappa shape index (κ2) is 15.8. The number of benzene rings is 9. The Labute approximate surface area is 433 Å². The number of rotatable bonds is 6. The van der Waals surface area contributed by atoms with Crippen molar-refractivity contribution >= 4 is 50.0 Å². The normalized spacial score (nSPS) is 21.3. The van der Waals surface area contributed by atoms with Gasteiger partial charge in [0, 0.05) is 46.1 Å². The molecule has 0 aromatic heterocycles. The molecular formula is C69H56N5+. The zero-order valence-corrected chi connectivity index (χ0v) is 41.8. The highest BCUT2D eigenvalue weighted by Gasteiger charge is 2.56. The summed E-state index contributed by atoms with van der Waals surface area (Å²) in [5.41, 5.74) is 26.1. The Morgan fingerprint density at radius 2 is 1.26 bits per heavy atom. The summed E-state index contributed by atoms with van der Waals surface area (Å²) in [7, 11) is 0. The molecule has 7 aliphatic rings. The smallest absolute Gasteiger partial charge is 0.193 e. The van der Waals surface area contributed by atoms with Crippen molar-refractivity contribution in [1.82, 2.24) is 5.32 Å². The van der Waals surface area contributed by atoms with Crippen LogP contribution in [0.25, 0.3) is 54.9 Å². The summed E-state index contributed by atoms with van der Waals surface area (Å²) in [5.74, 6) is 0.293. The molecule has 1 spiro atoms. The standard InChI is InChI=1S/C69H55N5/c1-3-63-70-57-35-12-15-38-61(57)73(63)59-39-19-27-46-52(59)41-51-43(47-28-20-40-62-66(47)71-68(72(62)4-2)42-21-6-5-7-22-42)25-16-26-45(51)64(46)50-30-18-33-55-65(50)49-24-8-10-31-53(49)69(55)54-32-11-14-37-60(54)74-58-36-13-9-23-44(58)48-29-17-34-56(69)67(48)74/h5-14,16-28,30-37,39-41,48,63,68,70-71H,3-4,15,29,38H2,1-2H3/p+1. The van der Waals surface area contributed by atoms with Crippen LogP contribution in [0.1, 0.15) is 79.4 Å². The van der Waals surface area contributed by atoms with Crippen molar-refractivity contribution in [2.75, 3.05) is 21.2 Å². The fraction of sp³-hybridized carbons (Fsp3) is 0.159. The number of nitrogens with zero attached hydrogens (tertiary/aromatic N) is 3. The maximum atomic E-state index is 3.95. The quantitative estimate of drug-likeness (QED) is 0.129. The van der Waals surface area contributed by atoms with Gasteiger partial charge in [0.2, 0.25) is 0 Å². The summed E-state index contributed by atoms with van der Waals surface area (Å²) in [6.07, 6.45) is 14.0. The van der Waals surface area contributed by atoms with Crippen LogP contribution in [-0.4, -0.2) is 12.7 Å². The first-order chi connectivity index (χ1) is 36.7. The number of nitrogens with two attached hydrogens (primary N) is 1. The lowest BCUT2D eigenvalue weighted by Crippen LogP contribution is -2.79. The van der Waals surface area contributed by atoms with Gasteiger partial charge in [-0.2, -0.15) is 0 Å². The lowest BCUT2D eigenvalue weighted by atomic mass is 9.62. The average Bonchev–Trinajstić information content (AvgIpc) is 4.30. The molecule has 4 unspecified atom stereocenters. The number of fused-ring (bicyclic) bond motifs is 15. The zero-order valence-electron chi connectivity index (χ0n) is 41.8. The van der Waals surface area contributed by atoms with Crippen LogP contribution in [0.15, 0.2) is 229 Å². The van der Waals surface area contributed by atoms with Crippen molar-refractivity contribution in [2.45, 2.75) is 63.2 Å². The van der Waals surface area contributed by atoms with E-state index in [0.29, 0.717) is 5.92 Å². The highest BCUT2D eigenvalue weighted by Crippen LogP contribution is 2.68. The van der Waals surface area contributed by atoms with Gasteiger partial charge in [0.05, 0.1) is 22.5 Å². The predicted molar refractivity (Wildman–Crippen MR) is 305 cm³/mol. The van der Waals surface area contributed by atoms with Crippen molar-refractivity contribution in [2.24, 2.45) is 0 Å². The van der Waals surface area contributed by atoms with Crippen LogP contribution in [-0.2, 0) is 5.41 Å². The van der Waals surface area contributed by atoms with E-state index >= 15 is 0 Å². The summed E-state index contributed by atoms with van der Waals surface area (Å²) < 4.78 is 0. The Morgan fingerprint density at radius 1 is 0.568 bits per heavy atom. The highest BCUT2D eigenvalue weighted by molar-refractivity contribution is 6.21. The number of para-hydroxylation sites is 3. The minimum Gasteiger partial charge on any atom is -0.364 e. The Balaban J connectivity index is 0.998. The van der Waals surface area contributed by atoms with Crippen LogP contribution < -0.4 is 25.3 Å². The molecule has 3 aliphatic carbocycles. The predicted octanol–water partition coefficient (Wildman–Crippen LogP) is 15.5. The van der Waals surface area contributed by atoms with Gasteiger partial charge in [-0.05, 0) is 147 Å². The molecule has 0 amide bonds. The first kappa shape index (κ1) is 42.2. The van der Waals surface area contributed by atoms with Crippen molar-refractivity contribution in [3.63, 3.8) is 0 Å². The highest BCUT2D eigenvalue weighted by atomic mass is 15.3. The van der Waals surface area contributed by atoms with Gasteiger partial charge in [-0.3, -0.25) is 5.32 Å². The summed E-state index contributed by atoms with van der Waals surface area (Å²) >= 11 is 0.